The van der Waals surface area contributed by atoms with E-state index >= 15 is 0 Å². The number of amides is 2. The summed E-state index contributed by atoms with van der Waals surface area (Å²) in [6.45, 7) is 5.05. The molecule has 222 valence electrons. The molecule has 3 heterocycles. The zero-order chi connectivity index (χ0) is 30.5. The number of benzene rings is 3. The predicted octanol–water partition coefficient (Wildman–Crippen LogP) is 5.72. The van der Waals surface area contributed by atoms with Crippen LogP contribution in [0.5, 0.6) is 0 Å². The third kappa shape index (κ3) is 6.39. The van der Waals surface area contributed by atoms with Gasteiger partial charge in [-0.15, -0.1) is 0 Å². The second-order valence-electron chi connectivity index (χ2n) is 11.1. The minimum atomic E-state index is -0.713. The second-order valence-corrected chi connectivity index (χ2v) is 11.1. The van der Waals surface area contributed by atoms with Crippen molar-refractivity contribution in [2.24, 2.45) is 0 Å². The fourth-order valence-corrected chi connectivity index (χ4v) is 5.76. The van der Waals surface area contributed by atoms with Gasteiger partial charge in [0.15, 0.2) is 0 Å². The first-order valence-corrected chi connectivity index (χ1v) is 14.9. The highest BCUT2D eigenvalue weighted by atomic mass is 16.5. The highest BCUT2D eigenvalue weighted by Crippen LogP contribution is 2.24. The summed E-state index contributed by atoms with van der Waals surface area (Å²) in [5, 5.41) is 8.33. The molecule has 2 aromatic heterocycles. The molecule has 0 unspecified atom stereocenters. The molecule has 5 aromatic rings. The summed E-state index contributed by atoms with van der Waals surface area (Å²) in [4.78, 5) is 32.2. The van der Waals surface area contributed by atoms with E-state index in [9.17, 15) is 9.59 Å². The van der Waals surface area contributed by atoms with Gasteiger partial charge in [-0.25, -0.2) is 4.68 Å². The molecule has 0 N–H and O–H groups in total. The topological polar surface area (TPSA) is 84.5 Å². The molecule has 0 spiro atoms. The largest absolute Gasteiger partial charge is 0.361 e. The zero-order valence-electron chi connectivity index (χ0n) is 25.0. The molecule has 0 bridgehead atoms. The Labute approximate surface area is 257 Å². The lowest BCUT2D eigenvalue weighted by molar-refractivity contribution is -0.144. The van der Waals surface area contributed by atoms with Gasteiger partial charge >= 0.3 is 0 Å². The standard InChI is InChI=1S/C36H35N5O3/c1-26-33(27(2)44-38-26)17-18-35(42)40(24-29-13-15-32(16-14-29)41-21-8-20-37-41)34(23-28-9-4-3-5-10-28)36(43)39-22-19-30-11-6-7-12-31(30)25-39/h3-18,20-21,34H,19,22-25H2,1-2H3/t34-/m0/s1. The van der Waals surface area contributed by atoms with Crippen LogP contribution in [0.2, 0.25) is 0 Å². The summed E-state index contributed by atoms with van der Waals surface area (Å²) in [6, 6.07) is 27.2. The Hall–Kier alpha value is -5.24. The lowest BCUT2D eigenvalue weighted by Gasteiger charge is -2.37. The SMILES string of the molecule is Cc1noc(C)c1C=CC(=O)N(Cc1ccc(-n2cccn2)cc1)[C@@H](Cc1ccccc1)C(=O)N1CCc2ccccc2C1. The number of hydrogen-bond donors (Lipinski definition) is 0. The summed E-state index contributed by atoms with van der Waals surface area (Å²) in [6.07, 6.45) is 8.07. The van der Waals surface area contributed by atoms with E-state index in [0.29, 0.717) is 31.0 Å². The molecule has 0 saturated heterocycles. The van der Waals surface area contributed by atoms with Crippen molar-refractivity contribution < 1.29 is 14.1 Å². The van der Waals surface area contributed by atoms with Gasteiger partial charge < -0.3 is 14.3 Å². The molecule has 1 atom stereocenters. The van der Waals surface area contributed by atoms with Crippen LogP contribution >= 0.6 is 0 Å². The highest BCUT2D eigenvalue weighted by molar-refractivity contribution is 5.96. The van der Waals surface area contributed by atoms with E-state index in [1.807, 2.05) is 97.7 Å². The Morgan fingerprint density at radius 2 is 1.68 bits per heavy atom. The number of hydrogen-bond acceptors (Lipinski definition) is 5. The van der Waals surface area contributed by atoms with Crippen molar-refractivity contribution in [1.82, 2.24) is 24.7 Å². The minimum absolute atomic E-state index is 0.0596. The monoisotopic (exact) mass is 585 g/mol. The lowest BCUT2D eigenvalue weighted by Crippen LogP contribution is -2.52. The summed E-state index contributed by atoms with van der Waals surface area (Å²) in [7, 11) is 0. The summed E-state index contributed by atoms with van der Waals surface area (Å²) < 4.78 is 7.09. The molecule has 0 aliphatic carbocycles. The van der Waals surface area contributed by atoms with Crippen LogP contribution in [-0.4, -0.2) is 49.1 Å². The van der Waals surface area contributed by atoms with E-state index in [2.05, 4.69) is 22.4 Å². The van der Waals surface area contributed by atoms with Crippen LogP contribution < -0.4 is 0 Å². The minimum Gasteiger partial charge on any atom is -0.361 e. The number of fused-ring (bicyclic) bond motifs is 1. The maximum absolute atomic E-state index is 14.5. The molecule has 0 radical (unpaired) electrons. The van der Waals surface area contributed by atoms with Crippen molar-refractivity contribution in [1.29, 1.82) is 0 Å². The van der Waals surface area contributed by atoms with Gasteiger partial charge in [0, 0.05) is 50.1 Å². The van der Waals surface area contributed by atoms with Gasteiger partial charge in [-0.1, -0.05) is 71.9 Å². The molecule has 8 nitrogen and oxygen atoms in total. The van der Waals surface area contributed by atoms with Crippen LogP contribution in [0.25, 0.3) is 11.8 Å². The van der Waals surface area contributed by atoms with Gasteiger partial charge in [0.1, 0.15) is 11.8 Å². The van der Waals surface area contributed by atoms with Gasteiger partial charge in [-0.2, -0.15) is 5.10 Å². The zero-order valence-corrected chi connectivity index (χ0v) is 25.0. The summed E-state index contributed by atoms with van der Waals surface area (Å²) in [5.41, 5.74) is 6.70. The lowest BCUT2D eigenvalue weighted by atomic mass is 9.97. The molecule has 8 heteroatoms. The Kier molecular flexibility index (Phi) is 8.50. The van der Waals surface area contributed by atoms with E-state index in [4.69, 9.17) is 4.52 Å². The van der Waals surface area contributed by atoms with Crippen LogP contribution in [-0.2, 0) is 35.5 Å². The van der Waals surface area contributed by atoms with E-state index < -0.39 is 6.04 Å². The van der Waals surface area contributed by atoms with Gasteiger partial charge in [0.25, 0.3) is 0 Å². The summed E-state index contributed by atoms with van der Waals surface area (Å²) >= 11 is 0. The van der Waals surface area contributed by atoms with Crippen molar-refractivity contribution in [2.75, 3.05) is 6.54 Å². The third-order valence-electron chi connectivity index (χ3n) is 8.20. The van der Waals surface area contributed by atoms with Crippen molar-refractivity contribution in [3.8, 4) is 5.69 Å². The highest BCUT2D eigenvalue weighted by Gasteiger charge is 2.34. The van der Waals surface area contributed by atoms with Crippen LogP contribution in [0.3, 0.4) is 0 Å². The Bertz CT molecular complexity index is 1740. The number of carbonyl (C=O) groups excluding carboxylic acids is 2. The fourth-order valence-electron chi connectivity index (χ4n) is 5.76. The first-order chi connectivity index (χ1) is 21.5. The Morgan fingerprint density at radius 3 is 2.39 bits per heavy atom. The summed E-state index contributed by atoms with van der Waals surface area (Å²) in [5.74, 6) is 0.319. The molecule has 3 aromatic carbocycles. The molecular formula is C36H35N5O3. The van der Waals surface area contributed by atoms with E-state index in [0.717, 1.165) is 34.4 Å². The molecule has 44 heavy (non-hydrogen) atoms. The van der Waals surface area contributed by atoms with Crippen LogP contribution in [0.4, 0.5) is 0 Å². The first-order valence-electron chi connectivity index (χ1n) is 14.9. The Morgan fingerprint density at radius 1 is 0.932 bits per heavy atom. The Balaban J connectivity index is 1.35. The maximum atomic E-state index is 14.5. The van der Waals surface area contributed by atoms with Crippen LogP contribution in [0.15, 0.2) is 108 Å². The van der Waals surface area contributed by atoms with Gasteiger partial charge in [0.2, 0.25) is 11.8 Å². The number of rotatable bonds is 9. The van der Waals surface area contributed by atoms with E-state index in [-0.39, 0.29) is 18.4 Å². The molecular weight excluding hydrogens is 550 g/mol. The van der Waals surface area contributed by atoms with E-state index in [1.54, 1.807) is 21.9 Å². The second kappa shape index (κ2) is 13.0. The average Bonchev–Trinajstić information content (AvgIpc) is 3.71. The molecule has 1 aliphatic heterocycles. The first kappa shape index (κ1) is 28.9. The van der Waals surface area contributed by atoms with Crippen molar-refractivity contribution >= 4 is 17.9 Å². The normalized spacial score (nSPS) is 13.5. The predicted molar refractivity (Wildman–Crippen MR) is 169 cm³/mol. The molecule has 2 amide bonds. The molecule has 0 fully saturated rings. The molecule has 1 aliphatic rings. The number of nitrogens with zero attached hydrogens (tertiary/aromatic N) is 5. The smallest absolute Gasteiger partial charge is 0.247 e. The maximum Gasteiger partial charge on any atom is 0.247 e. The third-order valence-corrected chi connectivity index (χ3v) is 8.20. The number of aromatic nitrogens is 3. The van der Waals surface area contributed by atoms with Crippen LogP contribution in [0, 0.1) is 13.8 Å². The molecule has 0 saturated carbocycles. The average molecular weight is 586 g/mol. The van der Waals surface area contributed by atoms with Crippen molar-refractivity contribution in [2.45, 2.75) is 45.8 Å². The van der Waals surface area contributed by atoms with E-state index in [1.165, 1.54) is 11.6 Å². The van der Waals surface area contributed by atoms with Gasteiger partial charge in [-0.3, -0.25) is 9.59 Å². The van der Waals surface area contributed by atoms with Crippen LogP contribution in [0.1, 0.15) is 39.3 Å². The fraction of sp³-hybridized carbons (Fsp3) is 0.222. The van der Waals surface area contributed by atoms with Crippen molar-refractivity contribution in [3.05, 3.63) is 143 Å². The number of aryl methyl sites for hydroxylation is 2. The quantitative estimate of drug-likeness (QED) is 0.207. The van der Waals surface area contributed by atoms with Gasteiger partial charge in [0.05, 0.1) is 11.4 Å². The van der Waals surface area contributed by atoms with Gasteiger partial charge in [-0.05, 0) is 66.8 Å². The number of carbonyl (C=O) groups is 2. The van der Waals surface area contributed by atoms with Crippen molar-refractivity contribution in [3.63, 3.8) is 0 Å². The molecule has 6 rings (SSSR count).